The Labute approximate surface area is 113 Å². The van der Waals surface area contributed by atoms with Crippen LogP contribution in [0.3, 0.4) is 0 Å². The smallest absolute Gasteiger partial charge is 0.336 e. The summed E-state index contributed by atoms with van der Waals surface area (Å²) in [5.74, 6) is -0.842. The third-order valence-electron chi connectivity index (χ3n) is 4.99. The minimum atomic E-state index is -0.842. The van der Waals surface area contributed by atoms with Crippen molar-refractivity contribution in [3.63, 3.8) is 0 Å². The van der Waals surface area contributed by atoms with E-state index in [4.69, 9.17) is 5.73 Å². The summed E-state index contributed by atoms with van der Waals surface area (Å²) in [5, 5.41) is 9.46. The van der Waals surface area contributed by atoms with Gasteiger partial charge >= 0.3 is 5.97 Å². The zero-order valence-corrected chi connectivity index (χ0v) is 11.4. The van der Waals surface area contributed by atoms with E-state index in [0.29, 0.717) is 5.56 Å². The largest absolute Gasteiger partial charge is 0.478 e. The molecule has 102 valence electrons. The summed E-state index contributed by atoms with van der Waals surface area (Å²) in [4.78, 5) is 11.5. The van der Waals surface area contributed by atoms with E-state index in [1.54, 1.807) is 6.07 Å². The molecule has 2 aliphatic rings. The fourth-order valence-electron chi connectivity index (χ4n) is 4.09. The minimum absolute atomic E-state index is 0.118. The van der Waals surface area contributed by atoms with Gasteiger partial charge in [0, 0.05) is 6.04 Å². The number of nitrogens with two attached hydrogens (primary N) is 1. The third kappa shape index (κ3) is 1.88. The van der Waals surface area contributed by atoms with Crippen LogP contribution >= 0.6 is 0 Å². The van der Waals surface area contributed by atoms with Crippen molar-refractivity contribution >= 4 is 5.97 Å². The van der Waals surface area contributed by atoms with E-state index in [1.807, 2.05) is 6.92 Å². The Morgan fingerprint density at radius 1 is 1.32 bits per heavy atom. The number of fused-ring (bicyclic) bond motifs is 2. The van der Waals surface area contributed by atoms with Crippen molar-refractivity contribution in [1.29, 1.82) is 0 Å². The molecule has 2 aliphatic carbocycles. The third-order valence-corrected chi connectivity index (χ3v) is 4.99. The Bertz CT molecular complexity index is 530. The van der Waals surface area contributed by atoms with Crippen molar-refractivity contribution in [2.75, 3.05) is 0 Å². The molecule has 1 aromatic carbocycles. The summed E-state index contributed by atoms with van der Waals surface area (Å²) in [6.07, 6.45) is 6.92. The summed E-state index contributed by atoms with van der Waals surface area (Å²) >= 11 is 0. The predicted octanol–water partition coefficient (Wildman–Crippen LogP) is 3.30. The van der Waals surface area contributed by atoms with Crippen molar-refractivity contribution in [2.24, 2.45) is 5.73 Å². The first-order chi connectivity index (χ1) is 9.03. The minimum Gasteiger partial charge on any atom is -0.478 e. The lowest BCUT2D eigenvalue weighted by Gasteiger charge is -2.39. The zero-order chi connectivity index (χ0) is 13.6. The standard InChI is InChI=1S/C16H21NO2/c1-10-8-11(15(18)19)14-12(9-10)16(5-2-3-6-16)7-4-13(14)17/h8-9,13H,2-7,17H2,1H3,(H,18,19). The number of carbonyl (C=O) groups is 1. The van der Waals surface area contributed by atoms with Crippen LogP contribution in [0.4, 0.5) is 0 Å². The maximum Gasteiger partial charge on any atom is 0.336 e. The van der Waals surface area contributed by atoms with Crippen LogP contribution in [-0.4, -0.2) is 11.1 Å². The number of benzene rings is 1. The molecule has 1 spiro atoms. The quantitative estimate of drug-likeness (QED) is 0.813. The number of aromatic carboxylic acids is 1. The van der Waals surface area contributed by atoms with Crippen LogP contribution in [0.2, 0.25) is 0 Å². The van der Waals surface area contributed by atoms with Crippen molar-refractivity contribution in [2.45, 2.75) is 56.9 Å². The Hall–Kier alpha value is -1.35. The summed E-state index contributed by atoms with van der Waals surface area (Å²) in [7, 11) is 0. The van der Waals surface area contributed by atoms with E-state index in [0.717, 1.165) is 24.0 Å². The van der Waals surface area contributed by atoms with E-state index in [-0.39, 0.29) is 11.5 Å². The molecule has 0 heterocycles. The SMILES string of the molecule is Cc1cc(C(=O)O)c2c(c1)C1(CCCC1)CCC2N. The molecule has 0 aliphatic heterocycles. The molecular formula is C16H21NO2. The van der Waals surface area contributed by atoms with Gasteiger partial charge in [-0.1, -0.05) is 18.9 Å². The molecule has 1 aromatic rings. The van der Waals surface area contributed by atoms with Gasteiger partial charge in [0.15, 0.2) is 0 Å². The van der Waals surface area contributed by atoms with Crippen LogP contribution in [0.5, 0.6) is 0 Å². The molecule has 3 rings (SSSR count). The van der Waals surface area contributed by atoms with E-state index in [9.17, 15) is 9.90 Å². The van der Waals surface area contributed by atoms with Gasteiger partial charge in [-0.15, -0.1) is 0 Å². The second-order valence-electron chi connectivity index (χ2n) is 6.21. The first-order valence-electron chi connectivity index (χ1n) is 7.17. The van der Waals surface area contributed by atoms with E-state index >= 15 is 0 Å². The van der Waals surface area contributed by atoms with Crippen molar-refractivity contribution in [3.8, 4) is 0 Å². The lowest BCUT2D eigenvalue weighted by atomic mass is 9.66. The molecule has 19 heavy (non-hydrogen) atoms. The van der Waals surface area contributed by atoms with Crippen LogP contribution in [-0.2, 0) is 5.41 Å². The topological polar surface area (TPSA) is 63.3 Å². The van der Waals surface area contributed by atoms with Gasteiger partial charge in [0.2, 0.25) is 0 Å². The number of carboxylic acids is 1. The molecule has 1 saturated carbocycles. The molecule has 1 atom stereocenters. The fourth-order valence-corrected chi connectivity index (χ4v) is 4.09. The normalized spacial score (nSPS) is 24.4. The van der Waals surface area contributed by atoms with E-state index in [2.05, 4.69) is 6.07 Å². The lowest BCUT2D eigenvalue weighted by Crippen LogP contribution is -2.34. The molecule has 3 heteroatoms. The number of rotatable bonds is 1. The van der Waals surface area contributed by atoms with Crippen LogP contribution in [0.25, 0.3) is 0 Å². The first kappa shape index (κ1) is 12.7. The summed E-state index contributed by atoms with van der Waals surface area (Å²) in [5.41, 5.74) is 10.0. The summed E-state index contributed by atoms with van der Waals surface area (Å²) in [6.45, 7) is 1.98. The van der Waals surface area contributed by atoms with Crippen LogP contribution in [0, 0.1) is 6.92 Å². The molecule has 3 N–H and O–H groups in total. The van der Waals surface area contributed by atoms with E-state index in [1.165, 1.54) is 31.2 Å². The maximum atomic E-state index is 11.5. The molecule has 0 amide bonds. The highest BCUT2D eigenvalue weighted by Gasteiger charge is 2.42. The van der Waals surface area contributed by atoms with Gasteiger partial charge in [0.05, 0.1) is 5.56 Å². The van der Waals surface area contributed by atoms with Gasteiger partial charge in [-0.25, -0.2) is 4.79 Å². The van der Waals surface area contributed by atoms with Gasteiger partial charge in [0.25, 0.3) is 0 Å². The summed E-state index contributed by atoms with van der Waals surface area (Å²) < 4.78 is 0. The molecule has 0 radical (unpaired) electrons. The van der Waals surface area contributed by atoms with Gasteiger partial charge in [-0.3, -0.25) is 0 Å². The molecule has 0 saturated heterocycles. The molecule has 1 unspecified atom stereocenters. The van der Waals surface area contributed by atoms with Gasteiger partial charge in [0.1, 0.15) is 0 Å². The highest BCUT2D eigenvalue weighted by Crippen LogP contribution is 2.51. The second kappa shape index (κ2) is 4.34. The monoisotopic (exact) mass is 259 g/mol. The van der Waals surface area contributed by atoms with Gasteiger partial charge in [-0.05, 0) is 60.8 Å². The number of hydrogen-bond donors (Lipinski definition) is 2. The Morgan fingerprint density at radius 3 is 2.63 bits per heavy atom. The number of aryl methyl sites for hydroxylation is 1. The molecule has 0 bridgehead atoms. The number of carboxylic acid groups (broad SMARTS) is 1. The van der Waals surface area contributed by atoms with Gasteiger partial charge < -0.3 is 10.8 Å². The van der Waals surface area contributed by atoms with Crippen LogP contribution in [0.1, 0.15) is 71.6 Å². The lowest BCUT2D eigenvalue weighted by molar-refractivity contribution is 0.0694. The van der Waals surface area contributed by atoms with E-state index < -0.39 is 5.97 Å². The molecule has 3 nitrogen and oxygen atoms in total. The van der Waals surface area contributed by atoms with Crippen molar-refractivity contribution in [3.05, 3.63) is 34.4 Å². The fraction of sp³-hybridized carbons (Fsp3) is 0.562. The van der Waals surface area contributed by atoms with Crippen LogP contribution in [0.15, 0.2) is 12.1 Å². The van der Waals surface area contributed by atoms with Crippen LogP contribution < -0.4 is 5.73 Å². The van der Waals surface area contributed by atoms with Crippen molar-refractivity contribution in [1.82, 2.24) is 0 Å². The Morgan fingerprint density at radius 2 is 2.00 bits per heavy atom. The van der Waals surface area contributed by atoms with Gasteiger partial charge in [-0.2, -0.15) is 0 Å². The maximum absolute atomic E-state index is 11.5. The number of hydrogen-bond acceptors (Lipinski definition) is 2. The first-order valence-corrected chi connectivity index (χ1v) is 7.17. The van der Waals surface area contributed by atoms with Crippen molar-refractivity contribution < 1.29 is 9.90 Å². The molecular weight excluding hydrogens is 238 g/mol. The Balaban J connectivity index is 2.24. The second-order valence-corrected chi connectivity index (χ2v) is 6.21. The highest BCUT2D eigenvalue weighted by atomic mass is 16.4. The molecule has 1 fully saturated rings. The zero-order valence-electron chi connectivity index (χ0n) is 11.4. The average molecular weight is 259 g/mol. The predicted molar refractivity (Wildman–Crippen MR) is 74.4 cm³/mol. The summed E-state index contributed by atoms with van der Waals surface area (Å²) in [6, 6.07) is 3.84. The molecule has 0 aromatic heterocycles. The highest BCUT2D eigenvalue weighted by molar-refractivity contribution is 5.90. The average Bonchev–Trinajstić information content (AvgIpc) is 2.83. The Kier molecular flexibility index (Phi) is 2.90.